The van der Waals surface area contributed by atoms with E-state index in [9.17, 15) is 9.59 Å². The zero-order chi connectivity index (χ0) is 21.3. The molecule has 1 unspecified atom stereocenters. The second-order valence-electron chi connectivity index (χ2n) is 8.06. The van der Waals surface area contributed by atoms with Gasteiger partial charge in [0.15, 0.2) is 0 Å². The van der Waals surface area contributed by atoms with Crippen LogP contribution in [0.15, 0.2) is 35.3 Å². The Hall–Kier alpha value is -2.93. The summed E-state index contributed by atoms with van der Waals surface area (Å²) in [4.78, 5) is 27.4. The number of pyridine rings is 1. The summed E-state index contributed by atoms with van der Waals surface area (Å²) in [5.74, 6) is -0.729. The van der Waals surface area contributed by atoms with E-state index in [0.717, 1.165) is 12.8 Å². The van der Waals surface area contributed by atoms with Crippen LogP contribution >= 0.6 is 11.6 Å². The van der Waals surface area contributed by atoms with E-state index in [4.69, 9.17) is 11.6 Å². The lowest BCUT2D eigenvalue weighted by atomic mass is 9.98. The Morgan fingerprint density at radius 2 is 1.81 bits per heavy atom. The molecule has 1 aliphatic heterocycles. The van der Waals surface area contributed by atoms with Crippen LogP contribution < -0.4 is 10.5 Å². The number of aryl methyl sites for hydroxylation is 3. The third-order valence-corrected chi connectivity index (χ3v) is 6.10. The first-order valence-corrected chi connectivity index (χ1v) is 10.2. The molecular weight excluding hydrogens is 431 g/mol. The Balaban J connectivity index is 0.00000144. The minimum Gasteiger partial charge on any atom is -0.316 e. The Morgan fingerprint density at radius 3 is 2.41 bits per heavy atom. The topological polar surface area (TPSA) is 60.1 Å². The number of hydrogen-bond donors (Lipinski definition) is 0. The Bertz CT molecular complexity index is 1250. The second kappa shape index (κ2) is 8.20. The van der Waals surface area contributed by atoms with Gasteiger partial charge >= 0.3 is 0 Å². The summed E-state index contributed by atoms with van der Waals surface area (Å²) in [5, 5.41) is 4.90. The van der Waals surface area contributed by atoms with Gasteiger partial charge in [0, 0.05) is 35.0 Å². The lowest BCUT2D eigenvalue weighted by Gasteiger charge is -2.27. The summed E-state index contributed by atoms with van der Waals surface area (Å²) < 4.78 is 18.3. The number of carbonyl (C=O) groups is 1. The maximum absolute atomic E-state index is 15.0. The number of nitrogens with zero attached hydrogens (tertiary/aromatic N) is 4. The van der Waals surface area contributed by atoms with Crippen molar-refractivity contribution in [2.75, 3.05) is 4.90 Å². The molecule has 1 aromatic carbocycles. The van der Waals surface area contributed by atoms with Crippen LogP contribution in [0.2, 0.25) is 5.02 Å². The first-order chi connectivity index (χ1) is 14.3. The molecule has 0 spiro atoms. The van der Waals surface area contributed by atoms with Crippen molar-refractivity contribution in [2.24, 2.45) is 7.05 Å². The molecule has 0 N–H and O–H groups in total. The Labute approximate surface area is 192 Å². The first kappa shape index (κ1) is 23.7. The monoisotopic (exact) mass is 458 g/mol. The number of benzene rings is 1. The lowest BCUT2D eigenvalue weighted by molar-refractivity contribution is 0.0983. The van der Waals surface area contributed by atoms with Gasteiger partial charge in [0.05, 0.1) is 23.5 Å². The van der Waals surface area contributed by atoms with Gasteiger partial charge in [-0.2, -0.15) is 5.10 Å². The highest BCUT2D eigenvalue weighted by Crippen LogP contribution is 2.47. The fourth-order valence-electron chi connectivity index (χ4n) is 4.32. The van der Waals surface area contributed by atoms with Gasteiger partial charge in [-0.15, -0.1) is 0 Å². The van der Waals surface area contributed by atoms with Gasteiger partial charge in [0.25, 0.3) is 11.5 Å². The number of halogens is 2. The smallest absolute Gasteiger partial charge is 0.277 e. The van der Waals surface area contributed by atoms with Crippen molar-refractivity contribution in [2.45, 2.75) is 53.6 Å². The van der Waals surface area contributed by atoms with Gasteiger partial charge in [0.2, 0.25) is 0 Å². The zero-order valence-electron chi connectivity index (χ0n) is 16.8. The van der Waals surface area contributed by atoms with E-state index in [-0.39, 0.29) is 37.4 Å². The number of rotatable bonds is 3. The Kier molecular flexibility index (Phi) is 6.08. The molecule has 3 heterocycles. The summed E-state index contributed by atoms with van der Waals surface area (Å²) in [5.41, 5.74) is 3.16. The predicted molar refractivity (Wildman–Crippen MR) is 125 cm³/mol. The standard InChI is InChI=1S/C22H20ClFN4O2.2CH4/c1-11-8-15(10-26(3)21(11)29)27-19(16-7-4-13(23)9-17(16)24)18-12(2)25-28(14-5-6-14)20(18)22(27)30;;/h4,7-10,14,19H,5-6H2,1-3H3;2*1H4. The fourth-order valence-corrected chi connectivity index (χ4v) is 4.48. The van der Waals surface area contributed by atoms with Crippen LogP contribution in [0.25, 0.3) is 0 Å². The van der Waals surface area contributed by atoms with Crippen LogP contribution in [-0.2, 0) is 7.05 Å². The maximum Gasteiger partial charge on any atom is 0.277 e. The molecule has 170 valence electrons. The van der Waals surface area contributed by atoms with Crippen LogP contribution in [0.3, 0.4) is 0 Å². The molecule has 1 atom stereocenters. The summed E-state index contributed by atoms with van der Waals surface area (Å²) in [7, 11) is 1.64. The molecule has 1 fully saturated rings. The summed E-state index contributed by atoms with van der Waals surface area (Å²) >= 11 is 5.98. The number of aromatic nitrogens is 3. The van der Waals surface area contributed by atoms with Crippen LogP contribution in [0, 0.1) is 19.7 Å². The van der Waals surface area contributed by atoms with Gasteiger partial charge < -0.3 is 4.57 Å². The highest BCUT2D eigenvalue weighted by atomic mass is 35.5. The van der Waals surface area contributed by atoms with Gasteiger partial charge in [-0.1, -0.05) is 32.5 Å². The minimum absolute atomic E-state index is 0. The van der Waals surface area contributed by atoms with Crippen LogP contribution in [0.5, 0.6) is 0 Å². The van der Waals surface area contributed by atoms with Gasteiger partial charge in [-0.25, -0.2) is 4.39 Å². The quantitative estimate of drug-likeness (QED) is 0.531. The predicted octanol–water partition coefficient (Wildman–Crippen LogP) is 5.35. The van der Waals surface area contributed by atoms with E-state index in [2.05, 4.69) is 5.10 Å². The number of hydrogen-bond acceptors (Lipinski definition) is 3. The molecule has 5 rings (SSSR count). The molecule has 0 radical (unpaired) electrons. The highest BCUT2D eigenvalue weighted by Gasteiger charge is 2.46. The normalized spacial score (nSPS) is 17.1. The fraction of sp³-hybridized carbons (Fsp3) is 0.375. The van der Waals surface area contributed by atoms with E-state index in [1.165, 1.54) is 10.6 Å². The van der Waals surface area contributed by atoms with E-state index >= 15 is 4.39 Å². The lowest BCUT2D eigenvalue weighted by Crippen LogP contribution is -2.32. The van der Waals surface area contributed by atoms with Crippen LogP contribution in [0.4, 0.5) is 10.1 Å². The third kappa shape index (κ3) is 3.45. The summed E-state index contributed by atoms with van der Waals surface area (Å²) in [6, 6.07) is 5.68. The van der Waals surface area contributed by atoms with Gasteiger partial charge in [-0.3, -0.25) is 19.2 Å². The number of carbonyl (C=O) groups excluding carboxylic acids is 1. The largest absolute Gasteiger partial charge is 0.316 e. The average molecular weight is 459 g/mol. The molecule has 0 saturated heterocycles. The maximum atomic E-state index is 15.0. The number of fused-ring (bicyclic) bond motifs is 1. The highest BCUT2D eigenvalue weighted by molar-refractivity contribution is 6.30. The molecule has 2 aromatic heterocycles. The number of anilines is 1. The zero-order valence-corrected chi connectivity index (χ0v) is 17.6. The van der Waals surface area contributed by atoms with Gasteiger partial charge in [0.1, 0.15) is 11.5 Å². The molecule has 6 nitrogen and oxygen atoms in total. The molecular formula is C24H28ClFN4O2. The molecule has 1 aliphatic carbocycles. The van der Waals surface area contributed by atoms with Crippen molar-refractivity contribution in [1.29, 1.82) is 0 Å². The molecule has 1 amide bonds. The van der Waals surface area contributed by atoms with E-state index in [1.54, 1.807) is 47.9 Å². The van der Waals surface area contributed by atoms with Crippen molar-refractivity contribution in [3.8, 4) is 0 Å². The van der Waals surface area contributed by atoms with Crippen molar-refractivity contribution in [3.63, 3.8) is 0 Å². The molecule has 32 heavy (non-hydrogen) atoms. The van der Waals surface area contributed by atoms with E-state index in [1.807, 2.05) is 6.92 Å². The molecule has 1 saturated carbocycles. The SMILES string of the molecule is C.C.Cc1nn(C2CC2)c2c1C(c1ccc(Cl)cc1F)N(c1cc(C)c(=O)n(C)c1)C2=O. The van der Waals surface area contributed by atoms with Crippen molar-refractivity contribution in [1.82, 2.24) is 14.3 Å². The van der Waals surface area contributed by atoms with Gasteiger partial charge in [-0.05, 0) is 44.9 Å². The van der Waals surface area contributed by atoms with Crippen LogP contribution in [0.1, 0.15) is 72.7 Å². The summed E-state index contributed by atoms with van der Waals surface area (Å²) in [6.07, 6.45) is 3.56. The van der Waals surface area contributed by atoms with Crippen molar-refractivity contribution in [3.05, 3.63) is 79.7 Å². The van der Waals surface area contributed by atoms with E-state index in [0.29, 0.717) is 33.8 Å². The average Bonchev–Trinajstić information content (AvgIpc) is 3.41. The van der Waals surface area contributed by atoms with Crippen LogP contribution in [-0.4, -0.2) is 20.3 Å². The molecule has 8 heteroatoms. The first-order valence-electron chi connectivity index (χ1n) is 9.82. The van der Waals surface area contributed by atoms with Crippen molar-refractivity contribution < 1.29 is 9.18 Å². The van der Waals surface area contributed by atoms with Crippen molar-refractivity contribution >= 4 is 23.2 Å². The van der Waals surface area contributed by atoms with E-state index < -0.39 is 11.9 Å². The third-order valence-electron chi connectivity index (χ3n) is 5.86. The number of amides is 1. The minimum atomic E-state index is -0.686. The second-order valence-corrected chi connectivity index (χ2v) is 8.50. The Morgan fingerprint density at radius 1 is 1.12 bits per heavy atom. The molecule has 3 aromatic rings. The molecule has 2 aliphatic rings. The molecule has 0 bridgehead atoms. The summed E-state index contributed by atoms with van der Waals surface area (Å²) in [6.45, 7) is 3.55.